The van der Waals surface area contributed by atoms with Gasteiger partial charge >= 0.3 is 0 Å². The third kappa shape index (κ3) is 6.63. The van der Waals surface area contributed by atoms with Crippen molar-refractivity contribution in [3.05, 3.63) is 231 Å². The molecule has 0 radical (unpaired) electrons. The van der Waals surface area contributed by atoms with E-state index in [4.69, 9.17) is 9.97 Å². The Bertz CT molecular complexity index is 3540. The van der Waals surface area contributed by atoms with Crippen LogP contribution in [0.4, 0.5) is 17.1 Å². The predicted octanol–water partition coefficient (Wildman–Crippen LogP) is 16.1. The Balaban J connectivity index is 1.11. The van der Waals surface area contributed by atoms with Crippen LogP contribution in [0.1, 0.15) is 0 Å². The molecule has 0 saturated heterocycles. The van der Waals surface area contributed by atoms with Gasteiger partial charge in [0.1, 0.15) is 0 Å². The molecule has 0 fully saturated rings. The SMILES string of the molecule is c1ccc(-c2ccc(N(c3cccc(-c4ccccc4)c3)c3ccc4c(c3)c3cc5c(cc3n4-c3nc(-c4ccccc4)cc(-c4ccccc4)n3)sc3ccccc35)cc2)cc1. The summed E-state index contributed by atoms with van der Waals surface area (Å²) >= 11 is 1.83. The minimum absolute atomic E-state index is 0.632. The second kappa shape index (κ2) is 15.4. The lowest BCUT2D eigenvalue weighted by atomic mass is 10.0. The molecule has 0 saturated carbocycles. The summed E-state index contributed by atoms with van der Waals surface area (Å²) in [4.78, 5) is 13.1. The molecule has 12 rings (SSSR count). The van der Waals surface area contributed by atoms with Gasteiger partial charge < -0.3 is 4.90 Å². The third-order valence-corrected chi connectivity index (χ3v) is 13.1. The largest absolute Gasteiger partial charge is 0.310 e. The van der Waals surface area contributed by atoms with Gasteiger partial charge in [-0.1, -0.05) is 164 Å². The van der Waals surface area contributed by atoms with Gasteiger partial charge in [0.25, 0.3) is 0 Å². The zero-order valence-electron chi connectivity index (χ0n) is 34.1. The van der Waals surface area contributed by atoms with Gasteiger partial charge in [-0.05, 0) is 89.0 Å². The Hall–Kier alpha value is -8.12. The highest BCUT2D eigenvalue weighted by molar-refractivity contribution is 7.25. The first-order valence-electron chi connectivity index (χ1n) is 21.2. The van der Waals surface area contributed by atoms with Crippen LogP contribution < -0.4 is 4.90 Å². The van der Waals surface area contributed by atoms with Crippen molar-refractivity contribution in [2.24, 2.45) is 0 Å². The van der Waals surface area contributed by atoms with Gasteiger partial charge in [-0.25, -0.2) is 9.97 Å². The van der Waals surface area contributed by atoms with Crippen LogP contribution in [0.3, 0.4) is 0 Å². The molecule has 0 aliphatic carbocycles. The molecule has 3 heterocycles. The fraction of sp³-hybridized carbons (Fsp3) is 0. The maximum absolute atomic E-state index is 5.36. The van der Waals surface area contributed by atoms with E-state index in [0.29, 0.717) is 5.95 Å². The Kier molecular flexibility index (Phi) is 8.98. The lowest BCUT2D eigenvalue weighted by Gasteiger charge is -2.26. The second-order valence-electron chi connectivity index (χ2n) is 15.8. The van der Waals surface area contributed by atoms with Crippen molar-refractivity contribution in [2.45, 2.75) is 0 Å². The highest BCUT2D eigenvalue weighted by Crippen LogP contribution is 2.44. The molecule has 296 valence electrons. The molecule has 3 aromatic heterocycles. The maximum atomic E-state index is 5.36. The van der Waals surface area contributed by atoms with Crippen LogP contribution in [0.5, 0.6) is 0 Å². The monoisotopic (exact) mass is 822 g/mol. The molecule has 0 aliphatic rings. The Morgan fingerprint density at radius 2 is 0.841 bits per heavy atom. The summed E-state index contributed by atoms with van der Waals surface area (Å²) in [6.07, 6.45) is 0. The van der Waals surface area contributed by atoms with Crippen LogP contribution >= 0.6 is 11.3 Å². The minimum atomic E-state index is 0.632. The first-order chi connectivity index (χ1) is 31.2. The molecule has 0 bridgehead atoms. The third-order valence-electron chi connectivity index (χ3n) is 12.0. The Morgan fingerprint density at radius 1 is 0.317 bits per heavy atom. The molecule has 0 N–H and O–H groups in total. The van der Waals surface area contributed by atoms with E-state index in [9.17, 15) is 0 Å². The number of benzene rings is 9. The summed E-state index contributed by atoms with van der Waals surface area (Å²) in [5.41, 5.74) is 13.8. The molecule has 4 nitrogen and oxygen atoms in total. The van der Waals surface area contributed by atoms with Gasteiger partial charge in [-0.3, -0.25) is 4.57 Å². The highest BCUT2D eigenvalue weighted by Gasteiger charge is 2.22. The summed E-state index contributed by atoms with van der Waals surface area (Å²) in [6.45, 7) is 0. The van der Waals surface area contributed by atoms with Gasteiger partial charge in [0, 0.05) is 59.1 Å². The number of rotatable bonds is 8. The van der Waals surface area contributed by atoms with E-state index >= 15 is 0 Å². The molecule has 63 heavy (non-hydrogen) atoms. The van der Waals surface area contributed by atoms with Crippen molar-refractivity contribution < 1.29 is 0 Å². The van der Waals surface area contributed by atoms with Crippen LogP contribution in [0.25, 0.3) is 92.7 Å². The molecule has 0 unspecified atom stereocenters. The Labute approximate surface area is 369 Å². The first-order valence-corrected chi connectivity index (χ1v) is 22.0. The number of hydrogen-bond donors (Lipinski definition) is 0. The van der Waals surface area contributed by atoms with E-state index in [1.165, 1.54) is 36.9 Å². The predicted molar refractivity (Wildman–Crippen MR) is 266 cm³/mol. The van der Waals surface area contributed by atoms with Crippen molar-refractivity contribution in [3.8, 4) is 50.7 Å². The Morgan fingerprint density at radius 3 is 1.51 bits per heavy atom. The van der Waals surface area contributed by atoms with Crippen molar-refractivity contribution in [1.29, 1.82) is 0 Å². The lowest BCUT2D eigenvalue weighted by molar-refractivity contribution is 0.996. The quantitative estimate of drug-likeness (QED) is 0.153. The second-order valence-corrected chi connectivity index (χ2v) is 16.9. The fourth-order valence-electron chi connectivity index (χ4n) is 8.96. The first kappa shape index (κ1) is 36.7. The van der Waals surface area contributed by atoms with Crippen LogP contribution in [-0.2, 0) is 0 Å². The molecule has 0 atom stereocenters. The number of anilines is 3. The average Bonchev–Trinajstić information content (AvgIpc) is 3.89. The molecule has 0 amide bonds. The van der Waals surface area contributed by atoms with E-state index < -0.39 is 0 Å². The number of fused-ring (bicyclic) bond motifs is 6. The summed E-state index contributed by atoms with van der Waals surface area (Å²) in [6, 6.07) is 82.2. The summed E-state index contributed by atoms with van der Waals surface area (Å²) in [7, 11) is 0. The van der Waals surface area contributed by atoms with Crippen LogP contribution in [0, 0.1) is 0 Å². The fourth-order valence-corrected chi connectivity index (χ4v) is 10.1. The van der Waals surface area contributed by atoms with Crippen LogP contribution in [0.15, 0.2) is 231 Å². The van der Waals surface area contributed by atoms with Crippen LogP contribution in [-0.4, -0.2) is 14.5 Å². The van der Waals surface area contributed by atoms with E-state index in [1.807, 2.05) is 23.5 Å². The smallest absolute Gasteiger partial charge is 0.235 e. The normalized spacial score (nSPS) is 11.5. The van der Waals surface area contributed by atoms with Gasteiger partial charge in [0.15, 0.2) is 0 Å². The molecule has 5 heteroatoms. The molecule has 0 spiro atoms. The van der Waals surface area contributed by atoms with Crippen molar-refractivity contribution in [3.63, 3.8) is 0 Å². The van der Waals surface area contributed by atoms with E-state index in [2.05, 4.69) is 228 Å². The summed E-state index contributed by atoms with van der Waals surface area (Å²) in [5, 5.41) is 4.79. The number of nitrogens with zero attached hydrogens (tertiary/aromatic N) is 4. The standard InChI is InChI=1S/C58H38N4S/c1-5-16-39(17-6-1)41-28-30-45(31-29-41)61(46-25-15-24-44(34-46)40-18-7-2-8-19-40)47-32-33-54-49(35-47)50-36-51-48-26-13-14-27-56(48)63-57(51)38-55(50)62(54)58-59-52(42-20-9-3-10-21-42)37-53(60-58)43-22-11-4-12-23-43/h1-38H. The molecule has 12 aromatic rings. The molecule has 0 aliphatic heterocycles. The lowest BCUT2D eigenvalue weighted by Crippen LogP contribution is -2.10. The van der Waals surface area contributed by atoms with E-state index in [0.717, 1.165) is 66.9 Å². The van der Waals surface area contributed by atoms with E-state index in [1.54, 1.807) is 0 Å². The van der Waals surface area contributed by atoms with Crippen LogP contribution in [0.2, 0.25) is 0 Å². The van der Waals surface area contributed by atoms with Gasteiger partial charge in [0.2, 0.25) is 5.95 Å². The summed E-state index contributed by atoms with van der Waals surface area (Å²) < 4.78 is 4.77. The number of thiophene rings is 1. The van der Waals surface area contributed by atoms with Crippen molar-refractivity contribution in [1.82, 2.24) is 14.5 Å². The van der Waals surface area contributed by atoms with Gasteiger partial charge in [-0.15, -0.1) is 11.3 Å². The molecular formula is C58H38N4S. The number of aromatic nitrogens is 3. The zero-order valence-corrected chi connectivity index (χ0v) is 35.0. The topological polar surface area (TPSA) is 34.0 Å². The maximum Gasteiger partial charge on any atom is 0.235 e. The van der Waals surface area contributed by atoms with E-state index in [-0.39, 0.29) is 0 Å². The molecule has 9 aromatic carbocycles. The van der Waals surface area contributed by atoms with Crippen molar-refractivity contribution >= 4 is 70.4 Å². The zero-order chi connectivity index (χ0) is 41.7. The van der Waals surface area contributed by atoms with Gasteiger partial charge in [0.05, 0.1) is 22.4 Å². The average molecular weight is 823 g/mol. The minimum Gasteiger partial charge on any atom is -0.310 e. The van der Waals surface area contributed by atoms with Crippen molar-refractivity contribution in [2.75, 3.05) is 4.90 Å². The molecular weight excluding hydrogens is 785 g/mol. The summed E-state index contributed by atoms with van der Waals surface area (Å²) in [5.74, 6) is 0.632. The number of hydrogen-bond acceptors (Lipinski definition) is 4. The highest BCUT2D eigenvalue weighted by atomic mass is 32.1. The van der Waals surface area contributed by atoms with Gasteiger partial charge in [-0.2, -0.15) is 0 Å².